The van der Waals surface area contributed by atoms with Gasteiger partial charge in [0.25, 0.3) is 0 Å². The first kappa shape index (κ1) is 11.9. The van der Waals surface area contributed by atoms with E-state index in [9.17, 15) is 4.79 Å². The van der Waals surface area contributed by atoms with Crippen LogP contribution in [0.15, 0.2) is 0 Å². The lowest BCUT2D eigenvalue weighted by molar-refractivity contribution is -0.129. The van der Waals surface area contributed by atoms with Gasteiger partial charge < -0.3 is 10.0 Å². The number of carbonyl (C=O) groups excluding carboxylic acids is 1. The maximum absolute atomic E-state index is 11.8. The van der Waals surface area contributed by atoms with Gasteiger partial charge in [0.05, 0.1) is 0 Å². The van der Waals surface area contributed by atoms with Gasteiger partial charge in [-0.3, -0.25) is 4.79 Å². The molecule has 1 aliphatic carbocycles. The summed E-state index contributed by atoms with van der Waals surface area (Å²) in [4.78, 5) is 13.8. The first-order valence-corrected chi connectivity index (χ1v) is 6.58. The predicted octanol–water partition coefficient (Wildman–Crippen LogP) is 1.80. The zero-order valence-electron chi connectivity index (χ0n) is 10.2. The standard InChI is InChI=1S/C13H23NO2/c1-2-13(5-3-4-6-13)10-14-8-11(9-15)7-12(14)16/h11,15H,2-10H2,1H3. The van der Waals surface area contributed by atoms with Crippen LogP contribution in [0.1, 0.15) is 45.4 Å². The molecule has 0 aromatic heterocycles. The summed E-state index contributed by atoms with van der Waals surface area (Å²) < 4.78 is 0. The molecule has 1 unspecified atom stereocenters. The van der Waals surface area contributed by atoms with Crippen molar-refractivity contribution in [3.05, 3.63) is 0 Å². The van der Waals surface area contributed by atoms with Gasteiger partial charge in [0, 0.05) is 32.0 Å². The summed E-state index contributed by atoms with van der Waals surface area (Å²) in [5.41, 5.74) is 0.389. The van der Waals surface area contributed by atoms with Crippen molar-refractivity contribution in [1.82, 2.24) is 4.90 Å². The highest BCUT2D eigenvalue weighted by Gasteiger charge is 2.38. The van der Waals surface area contributed by atoms with Gasteiger partial charge in [-0.05, 0) is 24.7 Å². The van der Waals surface area contributed by atoms with E-state index >= 15 is 0 Å². The minimum absolute atomic E-state index is 0.154. The highest BCUT2D eigenvalue weighted by Crippen LogP contribution is 2.42. The van der Waals surface area contributed by atoms with E-state index in [2.05, 4.69) is 6.92 Å². The smallest absolute Gasteiger partial charge is 0.223 e. The number of hydrogen-bond donors (Lipinski definition) is 1. The second-order valence-electron chi connectivity index (χ2n) is 5.59. The molecule has 1 heterocycles. The van der Waals surface area contributed by atoms with E-state index in [0.717, 1.165) is 13.1 Å². The van der Waals surface area contributed by atoms with Gasteiger partial charge in [-0.25, -0.2) is 0 Å². The Balaban J connectivity index is 1.96. The maximum atomic E-state index is 11.8. The van der Waals surface area contributed by atoms with Crippen molar-refractivity contribution in [2.24, 2.45) is 11.3 Å². The zero-order chi connectivity index (χ0) is 11.6. The second kappa shape index (κ2) is 4.74. The number of aliphatic hydroxyl groups is 1. The number of rotatable bonds is 4. The lowest BCUT2D eigenvalue weighted by Crippen LogP contribution is -2.37. The van der Waals surface area contributed by atoms with Crippen LogP contribution in [0, 0.1) is 11.3 Å². The monoisotopic (exact) mass is 225 g/mol. The van der Waals surface area contributed by atoms with Gasteiger partial charge in [0.15, 0.2) is 0 Å². The topological polar surface area (TPSA) is 40.5 Å². The fraction of sp³-hybridized carbons (Fsp3) is 0.923. The highest BCUT2D eigenvalue weighted by molar-refractivity contribution is 5.78. The Morgan fingerprint density at radius 1 is 1.44 bits per heavy atom. The largest absolute Gasteiger partial charge is 0.396 e. The Morgan fingerprint density at radius 2 is 2.12 bits per heavy atom. The molecule has 2 rings (SSSR count). The van der Waals surface area contributed by atoms with Gasteiger partial charge in [-0.15, -0.1) is 0 Å². The van der Waals surface area contributed by atoms with E-state index in [4.69, 9.17) is 5.11 Å². The highest BCUT2D eigenvalue weighted by atomic mass is 16.3. The fourth-order valence-corrected chi connectivity index (χ4v) is 3.28. The van der Waals surface area contributed by atoms with Crippen LogP contribution in [-0.2, 0) is 4.79 Å². The Hall–Kier alpha value is -0.570. The van der Waals surface area contributed by atoms with Crippen LogP contribution in [0.2, 0.25) is 0 Å². The van der Waals surface area contributed by atoms with E-state index in [1.165, 1.54) is 32.1 Å². The Morgan fingerprint density at radius 3 is 2.62 bits per heavy atom. The summed E-state index contributed by atoms with van der Waals surface area (Å²) in [7, 11) is 0. The van der Waals surface area contributed by atoms with Crippen LogP contribution in [-0.4, -0.2) is 35.6 Å². The van der Waals surface area contributed by atoms with Crippen LogP contribution in [0.25, 0.3) is 0 Å². The molecular weight excluding hydrogens is 202 g/mol. The lowest BCUT2D eigenvalue weighted by Gasteiger charge is -2.32. The molecule has 0 aromatic rings. The minimum atomic E-state index is 0.154. The zero-order valence-corrected chi connectivity index (χ0v) is 10.2. The number of hydrogen-bond acceptors (Lipinski definition) is 2. The fourth-order valence-electron chi connectivity index (χ4n) is 3.28. The molecule has 92 valence electrons. The maximum Gasteiger partial charge on any atom is 0.223 e. The van der Waals surface area contributed by atoms with Crippen LogP contribution < -0.4 is 0 Å². The third-order valence-corrected chi connectivity index (χ3v) is 4.49. The SMILES string of the molecule is CCC1(CN2CC(CO)CC2=O)CCCC1. The van der Waals surface area contributed by atoms with Crippen molar-refractivity contribution < 1.29 is 9.90 Å². The molecule has 0 aromatic carbocycles. The Bertz CT molecular complexity index is 259. The summed E-state index contributed by atoms with van der Waals surface area (Å²) in [6.45, 7) is 4.10. The van der Waals surface area contributed by atoms with E-state index in [1.54, 1.807) is 0 Å². The van der Waals surface area contributed by atoms with Crippen molar-refractivity contribution in [1.29, 1.82) is 0 Å². The first-order chi connectivity index (χ1) is 7.69. The van der Waals surface area contributed by atoms with E-state index < -0.39 is 0 Å². The predicted molar refractivity (Wildman–Crippen MR) is 63.0 cm³/mol. The van der Waals surface area contributed by atoms with Gasteiger partial charge >= 0.3 is 0 Å². The molecule has 16 heavy (non-hydrogen) atoms. The van der Waals surface area contributed by atoms with Crippen molar-refractivity contribution in [3.8, 4) is 0 Å². The van der Waals surface area contributed by atoms with Crippen LogP contribution >= 0.6 is 0 Å². The second-order valence-corrected chi connectivity index (χ2v) is 5.59. The van der Waals surface area contributed by atoms with Crippen molar-refractivity contribution in [3.63, 3.8) is 0 Å². The third-order valence-electron chi connectivity index (χ3n) is 4.49. The number of carbonyl (C=O) groups is 1. The molecule has 1 amide bonds. The molecule has 1 atom stereocenters. The number of nitrogens with zero attached hydrogens (tertiary/aromatic N) is 1. The van der Waals surface area contributed by atoms with Crippen molar-refractivity contribution >= 4 is 5.91 Å². The minimum Gasteiger partial charge on any atom is -0.396 e. The van der Waals surface area contributed by atoms with Crippen LogP contribution in [0.4, 0.5) is 0 Å². The molecule has 2 fully saturated rings. The average Bonchev–Trinajstić information content (AvgIpc) is 2.88. The summed E-state index contributed by atoms with van der Waals surface area (Å²) in [6, 6.07) is 0. The molecule has 0 bridgehead atoms. The first-order valence-electron chi connectivity index (χ1n) is 6.58. The molecule has 0 spiro atoms. The van der Waals surface area contributed by atoms with Crippen molar-refractivity contribution in [2.75, 3.05) is 19.7 Å². The molecule has 3 heteroatoms. The lowest BCUT2D eigenvalue weighted by atomic mass is 9.83. The van der Waals surface area contributed by atoms with Gasteiger partial charge in [0.1, 0.15) is 0 Å². The number of likely N-dealkylation sites (tertiary alicyclic amines) is 1. The quantitative estimate of drug-likeness (QED) is 0.792. The molecule has 0 radical (unpaired) electrons. The van der Waals surface area contributed by atoms with Gasteiger partial charge in [-0.2, -0.15) is 0 Å². The number of amides is 1. The Labute approximate surface area is 97.8 Å². The molecule has 1 N–H and O–H groups in total. The third kappa shape index (κ3) is 2.24. The molecular formula is C13H23NO2. The van der Waals surface area contributed by atoms with E-state index in [1.807, 2.05) is 4.90 Å². The van der Waals surface area contributed by atoms with Crippen molar-refractivity contribution in [2.45, 2.75) is 45.4 Å². The van der Waals surface area contributed by atoms with Crippen LogP contribution in [0.3, 0.4) is 0 Å². The van der Waals surface area contributed by atoms with E-state index in [-0.39, 0.29) is 18.4 Å². The summed E-state index contributed by atoms with van der Waals surface area (Å²) >= 11 is 0. The Kier molecular flexibility index (Phi) is 3.53. The molecule has 1 saturated carbocycles. The van der Waals surface area contributed by atoms with Gasteiger partial charge in [-0.1, -0.05) is 19.8 Å². The van der Waals surface area contributed by atoms with E-state index in [0.29, 0.717) is 11.8 Å². The molecule has 1 aliphatic heterocycles. The normalized spacial score (nSPS) is 29.0. The van der Waals surface area contributed by atoms with Crippen LogP contribution in [0.5, 0.6) is 0 Å². The average molecular weight is 225 g/mol. The molecule has 3 nitrogen and oxygen atoms in total. The number of aliphatic hydroxyl groups excluding tert-OH is 1. The van der Waals surface area contributed by atoms with Gasteiger partial charge in [0.2, 0.25) is 5.91 Å². The summed E-state index contributed by atoms with van der Waals surface area (Å²) in [5, 5.41) is 9.10. The summed E-state index contributed by atoms with van der Waals surface area (Å²) in [5.74, 6) is 0.432. The molecule has 2 aliphatic rings. The summed E-state index contributed by atoms with van der Waals surface area (Å²) in [6.07, 6.45) is 6.92. The molecule has 1 saturated heterocycles.